The molecule has 0 aliphatic rings. The lowest BCUT2D eigenvalue weighted by atomic mass is 9.92. The molecular weight excluding hydrogens is 186 g/mol. The van der Waals surface area contributed by atoms with Crippen LogP contribution in [0.4, 0.5) is 0 Å². The number of nitrogens with one attached hydrogen (secondary N) is 1. The highest BCUT2D eigenvalue weighted by Gasteiger charge is 2.20. The number of hydrogen-bond donors (Lipinski definition) is 1. The largest absolute Gasteiger partial charge is 0.379 e. The molecular formula is C13H29NO. The van der Waals surface area contributed by atoms with Gasteiger partial charge in [-0.2, -0.15) is 0 Å². The van der Waals surface area contributed by atoms with Gasteiger partial charge in [-0.3, -0.25) is 0 Å². The fourth-order valence-corrected chi connectivity index (χ4v) is 1.59. The van der Waals surface area contributed by atoms with E-state index in [0.29, 0.717) is 11.5 Å². The highest BCUT2D eigenvalue weighted by molar-refractivity contribution is 4.76. The van der Waals surface area contributed by atoms with Crippen LogP contribution in [-0.2, 0) is 4.74 Å². The number of rotatable bonds is 6. The zero-order valence-electron chi connectivity index (χ0n) is 11.6. The normalized spacial score (nSPS) is 15.4. The average Bonchev–Trinajstić information content (AvgIpc) is 2.00. The van der Waals surface area contributed by atoms with Gasteiger partial charge in [-0.15, -0.1) is 0 Å². The molecule has 1 N–H and O–H groups in total. The minimum atomic E-state index is -0.0197. The second-order valence-corrected chi connectivity index (χ2v) is 6.33. The molecule has 0 bridgehead atoms. The van der Waals surface area contributed by atoms with Crippen LogP contribution in [0.1, 0.15) is 54.4 Å². The molecule has 0 rings (SSSR count). The van der Waals surface area contributed by atoms with E-state index in [1.165, 1.54) is 6.42 Å². The first-order valence-corrected chi connectivity index (χ1v) is 5.95. The maximum atomic E-state index is 5.42. The Kier molecular flexibility index (Phi) is 5.82. The van der Waals surface area contributed by atoms with Crippen molar-refractivity contribution in [2.75, 3.05) is 13.7 Å². The maximum Gasteiger partial charge on any atom is 0.0637 e. The third-order valence-corrected chi connectivity index (χ3v) is 2.72. The summed E-state index contributed by atoms with van der Waals surface area (Å²) in [5, 5.41) is 3.55. The van der Waals surface area contributed by atoms with Gasteiger partial charge in [-0.25, -0.2) is 0 Å². The summed E-state index contributed by atoms with van der Waals surface area (Å²) in [5.41, 5.74) is 0.400. The first-order chi connectivity index (χ1) is 6.66. The van der Waals surface area contributed by atoms with Crippen molar-refractivity contribution in [1.82, 2.24) is 5.32 Å². The molecule has 0 spiro atoms. The summed E-state index contributed by atoms with van der Waals surface area (Å²) in [4.78, 5) is 0. The van der Waals surface area contributed by atoms with Crippen molar-refractivity contribution in [2.45, 2.75) is 66.0 Å². The van der Waals surface area contributed by atoms with Crippen LogP contribution in [0.25, 0.3) is 0 Å². The molecule has 2 nitrogen and oxygen atoms in total. The SMILES string of the molecule is COC(C)(C)CC(C)NCCC(C)(C)C. The molecule has 0 saturated heterocycles. The summed E-state index contributed by atoms with van der Waals surface area (Å²) in [5.74, 6) is 0. The van der Waals surface area contributed by atoms with Gasteiger partial charge in [-0.05, 0) is 45.6 Å². The molecule has 0 aromatic rings. The summed E-state index contributed by atoms with van der Waals surface area (Å²) in [7, 11) is 1.78. The van der Waals surface area contributed by atoms with Gasteiger partial charge >= 0.3 is 0 Å². The third-order valence-electron chi connectivity index (χ3n) is 2.72. The van der Waals surface area contributed by atoms with Gasteiger partial charge < -0.3 is 10.1 Å². The van der Waals surface area contributed by atoms with Crippen molar-refractivity contribution in [3.8, 4) is 0 Å². The molecule has 0 amide bonds. The van der Waals surface area contributed by atoms with Crippen molar-refractivity contribution in [1.29, 1.82) is 0 Å². The summed E-state index contributed by atoms with van der Waals surface area (Å²) in [6.07, 6.45) is 2.26. The quantitative estimate of drug-likeness (QED) is 0.734. The van der Waals surface area contributed by atoms with E-state index in [2.05, 4.69) is 46.9 Å². The molecule has 92 valence electrons. The lowest BCUT2D eigenvalue weighted by Gasteiger charge is -2.28. The maximum absolute atomic E-state index is 5.42. The van der Waals surface area contributed by atoms with Crippen molar-refractivity contribution in [2.24, 2.45) is 5.41 Å². The fraction of sp³-hybridized carbons (Fsp3) is 1.00. The van der Waals surface area contributed by atoms with Gasteiger partial charge in [0.25, 0.3) is 0 Å². The summed E-state index contributed by atoms with van der Waals surface area (Å²) < 4.78 is 5.42. The van der Waals surface area contributed by atoms with Crippen LogP contribution in [0.2, 0.25) is 0 Å². The Bertz CT molecular complexity index is 170. The summed E-state index contributed by atoms with van der Waals surface area (Å²) in [6, 6.07) is 0.516. The number of ether oxygens (including phenoxy) is 1. The van der Waals surface area contributed by atoms with Crippen molar-refractivity contribution in [3.63, 3.8) is 0 Å². The van der Waals surface area contributed by atoms with Crippen LogP contribution in [0, 0.1) is 5.41 Å². The van der Waals surface area contributed by atoms with Crippen LogP contribution < -0.4 is 5.32 Å². The number of methoxy groups -OCH3 is 1. The van der Waals surface area contributed by atoms with Gasteiger partial charge in [0, 0.05) is 13.2 Å². The topological polar surface area (TPSA) is 21.3 Å². The van der Waals surface area contributed by atoms with Gasteiger partial charge in [0.15, 0.2) is 0 Å². The van der Waals surface area contributed by atoms with Gasteiger partial charge in [0.1, 0.15) is 0 Å². The van der Waals surface area contributed by atoms with Crippen molar-refractivity contribution < 1.29 is 4.74 Å². The van der Waals surface area contributed by atoms with Crippen LogP contribution in [0.15, 0.2) is 0 Å². The molecule has 0 aromatic heterocycles. The Morgan fingerprint density at radius 3 is 2.07 bits per heavy atom. The van der Waals surface area contributed by atoms with E-state index in [4.69, 9.17) is 4.74 Å². The number of hydrogen-bond acceptors (Lipinski definition) is 2. The standard InChI is InChI=1S/C13H29NO/c1-11(10-13(5,6)15-7)14-9-8-12(2,3)4/h11,14H,8-10H2,1-7H3. The van der Waals surface area contributed by atoms with Gasteiger partial charge in [0.2, 0.25) is 0 Å². The van der Waals surface area contributed by atoms with E-state index in [1.807, 2.05) is 0 Å². The van der Waals surface area contributed by atoms with Crippen LogP contribution >= 0.6 is 0 Å². The molecule has 1 atom stereocenters. The smallest absolute Gasteiger partial charge is 0.0637 e. The molecule has 0 aliphatic heterocycles. The molecule has 1 unspecified atom stereocenters. The summed E-state index contributed by atoms with van der Waals surface area (Å²) >= 11 is 0. The second kappa shape index (κ2) is 5.86. The van der Waals surface area contributed by atoms with E-state index < -0.39 is 0 Å². The van der Waals surface area contributed by atoms with E-state index in [9.17, 15) is 0 Å². The summed E-state index contributed by atoms with van der Waals surface area (Å²) in [6.45, 7) is 14.4. The monoisotopic (exact) mass is 215 g/mol. The molecule has 15 heavy (non-hydrogen) atoms. The minimum absolute atomic E-state index is 0.0197. The van der Waals surface area contributed by atoms with E-state index in [1.54, 1.807) is 7.11 Å². The Morgan fingerprint density at radius 1 is 1.13 bits per heavy atom. The molecule has 2 heteroatoms. The lowest BCUT2D eigenvalue weighted by Crippen LogP contribution is -2.36. The van der Waals surface area contributed by atoms with Crippen molar-refractivity contribution >= 4 is 0 Å². The van der Waals surface area contributed by atoms with Crippen LogP contribution in [0.3, 0.4) is 0 Å². The first-order valence-electron chi connectivity index (χ1n) is 5.95. The zero-order valence-corrected chi connectivity index (χ0v) is 11.6. The molecule has 0 aromatic carbocycles. The molecule has 0 radical (unpaired) electrons. The average molecular weight is 215 g/mol. The predicted molar refractivity (Wildman–Crippen MR) is 67.2 cm³/mol. The highest BCUT2D eigenvalue weighted by atomic mass is 16.5. The fourth-order valence-electron chi connectivity index (χ4n) is 1.59. The third kappa shape index (κ3) is 8.88. The second-order valence-electron chi connectivity index (χ2n) is 6.33. The first kappa shape index (κ1) is 14.9. The Balaban J connectivity index is 3.71. The Morgan fingerprint density at radius 2 is 1.67 bits per heavy atom. The van der Waals surface area contributed by atoms with Gasteiger partial charge in [-0.1, -0.05) is 20.8 Å². The van der Waals surface area contributed by atoms with Crippen LogP contribution in [-0.4, -0.2) is 25.3 Å². The molecule has 0 heterocycles. The van der Waals surface area contributed by atoms with E-state index >= 15 is 0 Å². The zero-order chi connectivity index (χ0) is 12.1. The minimum Gasteiger partial charge on any atom is -0.379 e. The lowest BCUT2D eigenvalue weighted by molar-refractivity contribution is 0.00846. The molecule has 0 saturated carbocycles. The Hall–Kier alpha value is -0.0800. The Labute approximate surface area is 95.8 Å². The molecule has 0 fully saturated rings. The highest BCUT2D eigenvalue weighted by Crippen LogP contribution is 2.18. The van der Waals surface area contributed by atoms with E-state index in [0.717, 1.165) is 13.0 Å². The molecule has 0 aliphatic carbocycles. The van der Waals surface area contributed by atoms with Gasteiger partial charge in [0.05, 0.1) is 5.60 Å². The predicted octanol–water partition coefficient (Wildman–Crippen LogP) is 3.22. The van der Waals surface area contributed by atoms with E-state index in [-0.39, 0.29) is 5.60 Å². The van der Waals surface area contributed by atoms with Crippen LogP contribution in [0.5, 0.6) is 0 Å². The van der Waals surface area contributed by atoms with Crippen molar-refractivity contribution in [3.05, 3.63) is 0 Å².